The van der Waals surface area contributed by atoms with Crippen molar-refractivity contribution in [3.8, 4) is 0 Å². The lowest BCUT2D eigenvalue weighted by Crippen LogP contribution is -2.39. The van der Waals surface area contributed by atoms with Gasteiger partial charge in [0.15, 0.2) is 0 Å². The minimum Gasteiger partial charge on any atom is -0.549 e. The highest BCUT2D eigenvalue weighted by Crippen LogP contribution is 2.36. The quantitative estimate of drug-likeness (QED) is 0.509. The molecule has 0 saturated carbocycles. The molecule has 0 bridgehead atoms. The fourth-order valence-electron chi connectivity index (χ4n) is 1.85. The summed E-state index contributed by atoms with van der Waals surface area (Å²) in [6.45, 7) is 11.3. The average molecular weight is 284 g/mol. The molecule has 1 nitrogen and oxygen atoms in total. The van der Waals surface area contributed by atoms with Crippen LogP contribution >= 0.6 is 0 Å². The molecule has 0 spiro atoms. The first kappa shape index (κ1) is 14.9. The van der Waals surface area contributed by atoms with E-state index in [1.807, 2.05) is 6.26 Å². The van der Waals surface area contributed by atoms with E-state index in [2.05, 4.69) is 82.4 Å². The molecule has 2 rings (SSSR count). The van der Waals surface area contributed by atoms with Crippen molar-refractivity contribution < 1.29 is 4.43 Å². The summed E-state index contributed by atoms with van der Waals surface area (Å²) in [6.07, 6.45) is 3.97. The van der Waals surface area contributed by atoms with Crippen LogP contribution in [0.15, 0.2) is 48.7 Å². The van der Waals surface area contributed by atoms with E-state index in [0.29, 0.717) is 0 Å². The lowest BCUT2D eigenvalue weighted by molar-refractivity contribution is 0.433. The normalized spacial score (nSPS) is 13.1. The second-order valence-corrected chi connectivity index (χ2v) is 11.5. The fourth-order valence-corrected chi connectivity index (χ4v) is 2.61. The number of rotatable bonds is 3. The molecule has 0 amide bonds. The maximum atomic E-state index is 6.11. The van der Waals surface area contributed by atoms with Gasteiger partial charge < -0.3 is 4.43 Å². The van der Waals surface area contributed by atoms with Crippen LogP contribution in [0.25, 0.3) is 16.8 Å². The van der Waals surface area contributed by atoms with Crippen molar-refractivity contribution in [1.29, 1.82) is 0 Å². The van der Waals surface area contributed by atoms with E-state index in [1.54, 1.807) is 0 Å². The summed E-state index contributed by atoms with van der Waals surface area (Å²) >= 11 is 0. The van der Waals surface area contributed by atoms with Gasteiger partial charge in [-0.1, -0.05) is 63.2 Å². The smallest absolute Gasteiger partial charge is 0.249 e. The molecule has 0 radical (unpaired) electrons. The molecule has 2 aromatic carbocycles. The Kier molecular flexibility index (Phi) is 4.05. The van der Waals surface area contributed by atoms with E-state index in [-0.39, 0.29) is 5.04 Å². The van der Waals surface area contributed by atoms with Gasteiger partial charge in [0.05, 0.1) is 6.26 Å². The summed E-state index contributed by atoms with van der Waals surface area (Å²) in [5.74, 6) is 0. The van der Waals surface area contributed by atoms with E-state index in [0.717, 1.165) is 0 Å². The van der Waals surface area contributed by atoms with Crippen molar-refractivity contribution in [2.24, 2.45) is 0 Å². The van der Waals surface area contributed by atoms with Crippen LogP contribution in [0.2, 0.25) is 18.1 Å². The summed E-state index contributed by atoms with van der Waals surface area (Å²) in [6, 6.07) is 14.8. The Balaban J connectivity index is 2.23. The van der Waals surface area contributed by atoms with Crippen molar-refractivity contribution in [3.05, 3.63) is 54.3 Å². The molecule has 2 aromatic rings. The van der Waals surface area contributed by atoms with Crippen molar-refractivity contribution in [1.82, 2.24) is 0 Å². The number of hydrogen-bond acceptors (Lipinski definition) is 1. The van der Waals surface area contributed by atoms with Crippen LogP contribution in [-0.4, -0.2) is 8.32 Å². The highest BCUT2D eigenvalue weighted by atomic mass is 28.4. The first-order valence-corrected chi connectivity index (χ1v) is 10.0. The molecule has 2 heteroatoms. The molecule has 0 aliphatic carbocycles. The highest BCUT2D eigenvalue weighted by molar-refractivity contribution is 6.74. The minimum absolute atomic E-state index is 0.232. The second kappa shape index (κ2) is 5.45. The van der Waals surface area contributed by atoms with Gasteiger partial charge in [-0.05, 0) is 40.5 Å². The Bertz CT molecular complexity index is 615. The minimum atomic E-state index is -1.71. The van der Waals surface area contributed by atoms with Gasteiger partial charge in [-0.2, -0.15) is 0 Å². The molecule has 0 aromatic heterocycles. The first-order chi connectivity index (χ1) is 9.31. The number of hydrogen-bond donors (Lipinski definition) is 0. The number of benzene rings is 2. The molecule has 0 N–H and O–H groups in total. The summed E-state index contributed by atoms with van der Waals surface area (Å²) < 4.78 is 6.11. The standard InChI is InChI=1S/C18H24OSi/c1-18(2,3)20(4,5)19-14-13-16-11-8-10-15-9-6-7-12-17(15)16/h6-14H,1-5H3/b14-13+. The van der Waals surface area contributed by atoms with Crippen LogP contribution < -0.4 is 0 Å². The maximum Gasteiger partial charge on any atom is 0.249 e. The Morgan fingerprint density at radius 1 is 0.950 bits per heavy atom. The van der Waals surface area contributed by atoms with Crippen LogP contribution in [0, 0.1) is 0 Å². The fraction of sp³-hybridized carbons (Fsp3) is 0.333. The maximum absolute atomic E-state index is 6.11. The Morgan fingerprint density at radius 3 is 2.30 bits per heavy atom. The van der Waals surface area contributed by atoms with Crippen LogP contribution in [0.3, 0.4) is 0 Å². The van der Waals surface area contributed by atoms with E-state index in [1.165, 1.54) is 16.3 Å². The predicted molar refractivity (Wildman–Crippen MR) is 91.3 cm³/mol. The van der Waals surface area contributed by atoms with Gasteiger partial charge in [-0.3, -0.25) is 0 Å². The van der Waals surface area contributed by atoms with Crippen molar-refractivity contribution in [2.45, 2.75) is 38.9 Å². The molecule has 0 heterocycles. The monoisotopic (exact) mass is 284 g/mol. The van der Waals surface area contributed by atoms with Crippen LogP contribution in [0.4, 0.5) is 0 Å². The van der Waals surface area contributed by atoms with Gasteiger partial charge in [0.25, 0.3) is 0 Å². The Labute approximate surface area is 123 Å². The van der Waals surface area contributed by atoms with E-state index < -0.39 is 8.32 Å². The lowest BCUT2D eigenvalue weighted by Gasteiger charge is -2.34. The third-order valence-electron chi connectivity index (χ3n) is 4.24. The van der Waals surface area contributed by atoms with Gasteiger partial charge in [-0.15, -0.1) is 0 Å². The Hall–Kier alpha value is -1.54. The van der Waals surface area contributed by atoms with Gasteiger partial charge in [0.2, 0.25) is 8.32 Å². The zero-order valence-corrected chi connectivity index (χ0v) is 14.1. The molecule has 0 saturated heterocycles. The molecular formula is C18H24OSi. The van der Waals surface area contributed by atoms with Crippen LogP contribution in [0.1, 0.15) is 26.3 Å². The van der Waals surface area contributed by atoms with Crippen molar-refractivity contribution in [3.63, 3.8) is 0 Å². The first-order valence-electron chi connectivity index (χ1n) is 7.13. The van der Waals surface area contributed by atoms with Gasteiger partial charge in [0, 0.05) is 0 Å². The molecule has 0 aliphatic heterocycles. The van der Waals surface area contributed by atoms with Gasteiger partial charge >= 0.3 is 0 Å². The van der Waals surface area contributed by atoms with Crippen molar-refractivity contribution >= 4 is 25.2 Å². The van der Waals surface area contributed by atoms with E-state index >= 15 is 0 Å². The molecule has 20 heavy (non-hydrogen) atoms. The lowest BCUT2D eigenvalue weighted by atomic mass is 10.1. The van der Waals surface area contributed by atoms with Gasteiger partial charge in [0.1, 0.15) is 0 Å². The molecule has 0 aliphatic rings. The summed E-state index contributed by atoms with van der Waals surface area (Å²) in [5.41, 5.74) is 1.21. The SMILES string of the molecule is CC(C)(C)[Si](C)(C)O/C=C/c1cccc2ccccc12. The van der Waals surface area contributed by atoms with Gasteiger partial charge in [-0.25, -0.2) is 0 Å². The molecule has 0 unspecified atom stereocenters. The van der Waals surface area contributed by atoms with Crippen LogP contribution in [-0.2, 0) is 4.43 Å². The van der Waals surface area contributed by atoms with E-state index in [4.69, 9.17) is 4.43 Å². The summed E-state index contributed by atoms with van der Waals surface area (Å²) in [5, 5.41) is 2.77. The number of fused-ring (bicyclic) bond motifs is 1. The zero-order valence-electron chi connectivity index (χ0n) is 13.1. The summed E-state index contributed by atoms with van der Waals surface area (Å²) in [7, 11) is -1.71. The second-order valence-electron chi connectivity index (χ2n) is 6.75. The molecule has 106 valence electrons. The zero-order chi connectivity index (χ0) is 14.8. The van der Waals surface area contributed by atoms with Crippen molar-refractivity contribution in [2.75, 3.05) is 0 Å². The summed E-state index contributed by atoms with van der Waals surface area (Å²) in [4.78, 5) is 0. The third-order valence-corrected chi connectivity index (χ3v) is 8.58. The third kappa shape index (κ3) is 3.13. The highest BCUT2D eigenvalue weighted by Gasteiger charge is 2.37. The molecule has 0 fully saturated rings. The largest absolute Gasteiger partial charge is 0.549 e. The Morgan fingerprint density at radius 2 is 1.60 bits per heavy atom. The van der Waals surface area contributed by atoms with E-state index in [9.17, 15) is 0 Å². The molecular weight excluding hydrogens is 260 g/mol. The topological polar surface area (TPSA) is 9.23 Å². The molecule has 0 atom stereocenters. The van der Waals surface area contributed by atoms with Crippen LogP contribution in [0.5, 0.6) is 0 Å². The average Bonchev–Trinajstić information content (AvgIpc) is 2.37. The predicted octanol–water partition coefficient (Wildman–Crippen LogP) is 5.83.